The summed E-state index contributed by atoms with van der Waals surface area (Å²) in [5, 5.41) is -1.07. The molecule has 1 aromatic rings. The Kier molecular flexibility index (Phi) is 4.12. The lowest BCUT2D eigenvalue weighted by Gasteiger charge is -2.30. The molecule has 0 unspecified atom stereocenters. The van der Waals surface area contributed by atoms with Crippen LogP contribution in [-0.2, 0) is 9.72 Å². The highest BCUT2D eigenvalue weighted by atomic mass is 79.9. The molecule has 15 heavy (non-hydrogen) atoms. The molecule has 0 fully saturated rings. The molecule has 2 N–H and O–H groups in total. The van der Waals surface area contributed by atoms with Crippen LogP contribution >= 0.6 is 34.9 Å². The monoisotopic (exact) mass is 313 g/mol. The summed E-state index contributed by atoms with van der Waals surface area (Å²) in [6, 6.07) is 0. The van der Waals surface area contributed by atoms with Crippen molar-refractivity contribution in [2.45, 2.75) is 31.8 Å². The van der Waals surface area contributed by atoms with E-state index in [1.807, 2.05) is 0 Å². The van der Waals surface area contributed by atoms with Crippen LogP contribution in [0.3, 0.4) is 0 Å². The molecule has 1 heterocycles. The molecule has 7 heteroatoms. The van der Waals surface area contributed by atoms with Crippen molar-refractivity contribution in [3.8, 4) is 0 Å². The average molecular weight is 314 g/mol. The molecule has 0 atom stereocenters. The number of hydrogen-bond donors (Lipinski definition) is 2. The van der Waals surface area contributed by atoms with Gasteiger partial charge in [0.1, 0.15) is 5.16 Å². The zero-order chi connectivity index (χ0) is 11.7. The molecular weight excluding hydrogens is 301 g/mol. The van der Waals surface area contributed by atoms with Crippen molar-refractivity contribution in [2.75, 3.05) is 0 Å². The van der Waals surface area contributed by atoms with Crippen molar-refractivity contribution in [2.24, 2.45) is 0 Å². The Morgan fingerprint density at radius 1 is 1.53 bits per heavy atom. The molecule has 0 aliphatic carbocycles. The second kappa shape index (κ2) is 4.63. The van der Waals surface area contributed by atoms with Gasteiger partial charge < -0.3 is 9.79 Å². The van der Waals surface area contributed by atoms with Crippen LogP contribution in [0, 0.1) is 0 Å². The predicted octanol–water partition coefficient (Wildman–Crippen LogP) is 3.10. The van der Waals surface area contributed by atoms with Crippen molar-refractivity contribution in [1.29, 1.82) is 0 Å². The molecule has 0 aliphatic heterocycles. The molecule has 0 bridgehead atoms. The van der Waals surface area contributed by atoms with Gasteiger partial charge in [-0.05, 0) is 28.8 Å². The van der Waals surface area contributed by atoms with Crippen molar-refractivity contribution in [1.82, 2.24) is 4.98 Å². The largest absolute Gasteiger partial charge is 0.336 e. The summed E-state index contributed by atoms with van der Waals surface area (Å²) in [4.78, 5) is 23.6. The smallest absolute Gasteiger partial charge is 0.324 e. The lowest BCUT2D eigenvalue weighted by molar-refractivity contribution is 0.317. The fourth-order valence-corrected chi connectivity index (χ4v) is 4.78. The van der Waals surface area contributed by atoms with Crippen LogP contribution in [0.4, 0.5) is 0 Å². The molecule has 0 radical (unpaired) electrons. The number of halogens is 1. The lowest BCUT2D eigenvalue weighted by atomic mass is 10.0. The minimum Gasteiger partial charge on any atom is -0.324 e. The molecule has 0 aromatic carbocycles. The molecule has 0 amide bonds. The molecule has 1 aromatic heterocycles. The van der Waals surface area contributed by atoms with Gasteiger partial charge in [-0.3, -0.25) is 4.57 Å². The van der Waals surface area contributed by atoms with Gasteiger partial charge in [-0.25, -0.2) is 4.98 Å². The third-order valence-electron chi connectivity index (χ3n) is 2.66. The average Bonchev–Trinajstić information content (AvgIpc) is 2.53. The van der Waals surface area contributed by atoms with E-state index in [9.17, 15) is 14.4 Å². The quantitative estimate of drug-likeness (QED) is 0.838. The Hall–Kier alpha value is 0.260. The summed E-state index contributed by atoms with van der Waals surface area (Å²) in [6.45, 7) is 3.58. The molecule has 0 aliphatic rings. The predicted molar refractivity (Wildman–Crippen MR) is 64.1 cm³/mol. The van der Waals surface area contributed by atoms with Gasteiger partial charge in [0.15, 0.2) is 3.92 Å². The number of nitrogens with zero attached hydrogens (tertiary/aromatic N) is 1. The van der Waals surface area contributed by atoms with Crippen LogP contribution < -0.4 is 0 Å². The number of aromatic nitrogens is 1. The number of rotatable bonds is 4. The van der Waals surface area contributed by atoms with Gasteiger partial charge >= 0.3 is 7.60 Å². The highest BCUT2D eigenvalue weighted by Gasteiger charge is 2.46. The maximum Gasteiger partial charge on any atom is 0.336 e. The summed E-state index contributed by atoms with van der Waals surface area (Å²) in [7, 11) is -4.17. The SMILES string of the molecule is CCC(CC)(c1cnc(Br)s1)P(=O)(O)O. The van der Waals surface area contributed by atoms with E-state index in [0.717, 1.165) is 0 Å². The van der Waals surface area contributed by atoms with Crippen LogP contribution in [0.2, 0.25) is 0 Å². The molecule has 0 spiro atoms. The molecule has 4 nitrogen and oxygen atoms in total. The zero-order valence-electron chi connectivity index (χ0n) is 8.47. The molecule has 86 valence electrons. The van der Waals surface area contributed by atoms with E-state index in [-0.39, 0.29) is 0 Å². The third kappa shape index (κ3) is 2.34. The highest BCUT2D eigenvalue weighted by Crippen LogP contribution is 2.62. The van der Waals surface area contributed by atoms with Crippen LogP contribution in [0.25, 0.3) is 0 Å². The summed E-state index contributed by atoms with van der Waals surface area (Å²) in [5.41, 5.74) is 0. The van der Waals surface area contributed by atoms with E-state index in [0.29, 0.717) is 21.6 Å². The summed E-state index contributed by atoms with van der Waals surface area (Å²) in [6.07, 6.45) is 2.35. The van der Waals surface area contributed by atoms with E-state index in [1.165, 1.54) is 11.3 Å². The Labute approximate surface area is 101 Å². The van der Waals surface area contributed by atoms with E-state index in [2.05, 4.69) is 20.9 Å². The van der Waals surface area contributed by atoms with Gasteiger partial charge in [-0.15, -0.1) is 11.3 Å². The van der Waals surface area contributed by atoms with E-state index in [4.69, 9.17) is 0 Å². The van der Waals surface area contributed by atoms with E-state index in [1.54, 1.807) is 20.0 Å². The normalized spacial score (nSPS) is 13.1. The van der Waals surface area contributed by atoms with Crippen LogP contribution in [0.15, 0.2) is 10.1 Å². The first-order valence-corrected chi connectivity index (χ1v) is 7.77. The molecule has 0 saturated heterocycles. The maximum atomic E-state index is 11.6. The minimum atomic E-state index is -4.17. The zero-order valence-corrected chi connectivity index (χ0v) is 11.8. The maximum absolute atomic E-state index is 11.6. The van der Waals surface area contributed by atoms with Gasteiger partial charge in [0, 0.05) is 11.1 Å². The first-order valence-electron chi connectivity index (χ1n) is 4.55. The molecule has 0 saturated carbocycles. The van der Waals surface area contributed by atoms with Gasteiger partial charge in [-0.1, -0.05) is 13.8 Å². The van der Waals surface area contributed by atoms with Gasteiger partial charge in [0.25, 0.3) is 0 Å². The van der Waals surface area contributed by atoms with E-state index < -0.39 is 12.8 Å². The van der Waals surface area contributed by atoms with Crippen molar-refractivity contribution >= 4 is 34.9 Å². The van der Waals surface area contributed by atoms with Gasteiger partial charge in [0.2, 0.25) is 0 Å². The second-order valence-electron chi connectivity index (χ2n) is 3.26. The van der Waals surface area contributed by atoms with Crippen LogP contribution in [-0.4, -0.2) is 14.8 Å². The number of hydrogen-bond acceptors (Lipinski definition) is 3. The first kappa shape index (κ1) is 13.3. The summed E-state index contributed by atoms with van der Waals surface area (Å²) < 4.78 is 12.2. The number of thiazole rings is 1. The topological polar surface area (TPSA) is 70.4 Å². The van der Waals surface area contributed by atoms with Gasteiger partial charge in [-0.2, -0.15) is 0 Å². The standard InChI is InChI=1S/C8H13BrNO3PS/c1-3-8(4-2,14(11,12)13)6-5-10-7(9)15-6/h5H,3-4H2,1-2H3,(H2,11,12,13). The fourth-order valence-electron chi connectivity index (χ4n) is 1.62. The Morgan fingerprint density at radius 3 is 2.33 bits per heavy atom. The Morgan fingerprint density at radius 2 is 2.07 bits per heavy atom. The highest BCUT2D eigenvalue weighted by molar-refractivity contribution is 9.11. The lowest BCUT2D eigenvalue weighted by Crippen LogP contribution is -2.23. The van der Waals surface area contributed by atoms with Crippen LogP contribution in [0.5, 0.6) is 0 Å². The molecular formula is C8H13BrNO3PS. The third-order valence-corrected chi connectivity index (χ3v) is 6.48. The van der Waals surface area contributed by atoms with Gasteiger partial charge in [0.05, 0.1) is 0 Å². The Bertz CT molecular complexity index is 385. The van der Waals surface area contributed by atoms with Crippen LogP contribution in [0.1, 0.15) is 31.6 Å². The summed E-state index contributed by atoms with van der Waals surface area (Å²) >= 11 is 4.49. The van der Waals surface area contributed by atoms with Crippen molar-refractivity contribution in [3.05, 3.63) is 15.0 Å². The van der Waals surface area contributed by atoms with Crippen molar-refractivity contribution in [3.63, 3.8) is 0 Å². The molecule has 1 rings (SSSR count). The minimum absolute atomic E-state index is 0.405. The Balaban J connectivity index is 3.29. The fraction of sp³-hybridized carbons (Fsp3) is 0.625. The van der Waals surface area contributed by atoms with E-state index >= 15 is 0 Å². The summed E-state index contributed by atoms with van der Waals surface area (Å²) in [5.74, 6) is 0. The first-order chi connectivity index (χ1) is 6.87. The second-order valence-corrected chi connectivity index (χ2v) is 7.51. The van der Waals surface area contributed by atoms with Crippen molar-refractivity contribution < 1.29 is 14.4 Å².